The van der Waals surface area contributed by atoms with Gasteiger partial charge in [0.15, 0.2) is 0 Å². The Morgan fingerprint density at radius 3 is 2.16 bits per heavy atom. The summed E-state index contributed by atoms with van der Waals surface area (Å²) in [7, 11) is -3.72. The molecule has 1 aliphatic carbocycles. The van der Waals surface area contributed by atoms with Gasteiger partial charge in [-0.15, -0.1) is 0 Å². The molecule has 31 heavy (non-hydrogen) atoms. The first-order valence-electron chi connectivity index (χ1n) is 10.9. The smallest absolute Gasteiger partial charge is 0.255 e. The number of amides is 1. The van der Waals surface area contributed by atoms with Crippen molar-refractivity contribution in [3.05, 3.63) is 53.6 Å². The van der Waals surface area contributed by atoms with Crippen LogP contribution < -0.4 is 15.4 Å². The second kappa shape index (κ2) is 9.40. The van der Waals surface area contributed by atoms with Gasteiger partial charge in [0.05, 0.1) is 4.90 Å². The fourth-order valence-electron chi connectivity index (χ4n) is 3.81. The van der Waals surface area contributed by atoms with Gasteiger partial charge in [0.25, 0.3) is 5.91 Å². The molecule has 0 atom stereocenters. The molecule has 7 heteroatoms. The molecule has 0 saturated heterocycles. The Hall–Kier alpha value is -2.38. The second-order valence-corrected chi connectivity index (χ2v) is 11.0. The second-order valence-electron chi connectivity index (χ2n) is 9.34. The lowest BCUT2D eigenvalue weighted by molar-refractivity contribution is 0.102. The van der Waals surface area contributed by atoms with Crippen molar-refractivity contribution in [1.82, 2.24) is 4.72 Å². The Kier molecular flexibility index (Phi) is 7.06. The third kappa shape index (κ3) is 6.55. The molecular formula is C24H33N3O3S. The first-order valence-corrected chi connectivity index (χ1v) is 12.3. The van der Waals surface area contributed by atoms with E-state index in [2.05, 4.69) is 15.4 Å². The summed E-state index contributed by atoms with van der Waals surface area (Å²) in [6.07, 6.45) is 6.25. The third-order valence-electron chi connectivity index (χ3n) is 5.32. The molecule has 2 aromatic rings. The number of sulfonamides is 1. The minimum absolute atomic E-state index is 0.0743. The average Bonchev–Trinajstić information content (AvgIpc) is 2.68. The highest BCUT2D eigenvalue weighted by Crippen LogP contribution is 2.23. The highest BCUT2D eigenvalue weighted by molar-refractivity contribution is 7.89. The van der Waals surface area contributed by atoms with Gasteiger partial charge in [0, 0.05) is 28.5 Å². The van der Waals surface area contributed by atoms with Crippen molar-refractivity contribution in [3.8, 4) is 0 Å². The van der Waals surface area contributed by atoms with Crippen LogP contribution in [-0.4, -0.2) is 25.9 Å². The quantitative estimate of drug-likeness (QED) is 0.582. The molecular weight excluding hydrogens is 410 g/mol. The van der Waals surface area contributed by atoms with E-state index in [0.717, 1.165) is 5.69 Å². The Bertz CT molecular complexity index is 1020. The van der Waals surface area contributed by atoms with Gasteiger partial charge in [-0.25, -0.2) is 13.1 Å². The Morgan fingerprint density at radius 1 is 0.935 bits per heavy atom. The van der Waals surface area contributed by atoms with E-state index in [9.17, 15) is 13.2 Å². The fraction of sp³-hybridized carbons (Fsp3) is 0.458. The van der Waals surface area contributed by atoms with Crippen LogP contribution in [-0.2, 0) is 10.0 Å². The van der Waals surface area contributed by atoms with Crippen molar-refractivity contribution in [1.29, 1.82) is 0 Å². The Labute approximate surface area is 185 Å². The van der Waals surface area contributed by atoms with E-state index in [1.54, 1.807) is 33.8 Å². The predicted molar refractivity (Wildman–Crippen MR) is 126 cm³/mol. The van der Waals surface area contributed by atoms with E-state index in [4.69, 9.17) is 0 Å². The normalized spacial score (nSPS) is 15.5. The summed E-state index contributed by atoms with van der Waals surface area (Å²) in [5.74, 6) is -0.335. The average molecular weight is 444 g/mol. The van der Waals surface area contributed by atoms with E-state index in [1.165, 1.54) is 44.2 Å². The molecule has 0 spiro atoms. The number of aryl methyl sites for hydroxylation is 1. The van der Waals surface area contributed by atoms with Crippen molar-refractivity contribution in [3.63, 3.8) is 0 Å². The van der Waals surface area contributed by atoms with Crippen molar-refractivity contribution >= 4 is 27.3 Å². The molecule has 2 aromatic carbocycles. The van der Waals surface area contributed by atoms with Gasteiger partial charge in [0.2, 0.25) is 10.0 Å². The standard InChI is InChI=1S/C24H33N3O3S/c1-17-10-15-21(31(29,30)27-24(2,3)4)16-22(17)23(28)26-20-13-11-19(12-14-20)25-18-8-6-5-7-9-18/h10-16,18,25,27H,5-9H2,1-4H3,(H,26,28). The first kappa shape index (κ1) is 23.3. The van der Waals surface area contributed by atoms with Crippen LogP contribution in [0.4, 0.5) is 11.4 Å². The number of rotatable bonds is 6. The molecule has 168 valence electrons. The van der Waals surface area contributed by atoms with Crippen LogP contribution in [0.25, 0.3) is 0 Å². The van der Waals surface area contributed by atoms with Gasteiger partial charge in [-0.1, -0.05) is 25.3 Å². The lowest BCUT2D eigenvalue weighted by Crippen LogP contribution is -2.40. The highest BCUT2D eigenvalue weighted by Gasteiger charge is 2.23. The summed E-state index contributed by atoms with van der Waals surface area (Å²) in [5.41, 5.74) is 2.14. The number of benzene rings is 2. The molecule has 0 bridgehead atoms. The summed E-state index contributed by atoms with van der Waals surface area (Å²) in [5, 5.41) is 6.43. The summed E-state index contributed by atoms with van der Waals surface area (Å²) in [6, 6.07) is 12.8. The summed E-state index contributed by atoms with van der Waals surface area (Å²) >= 11 is 0. The molecule has 3 N–H and O–H groups in total. The van der Waals surface area contributed by atoms with Crippen LogP contribution in [0.15, 0.2) is 47.4 Å². The van der Waals surface area contributed by atoms with Gasteiger partial charge < -0.3 is 10.6 Å². The van der Waals surface area contributed by atoms with Gasteiger partial charge in [-0.2, -0.15) is 0 Å². The zero-order valence-corrected chi connectivity index (χ0v) is 19.6. The van der Waals surface area contributed by atoms with Crippen molar-refractivity contribution in [2.75, 3.05) is 10.6 Å². The van der Waals surface area contributed by atoms with Gasteiger partial charge in [-0.05, 0) is 82.5 Å². The zero-order chi connectivity index (χ0) is 22.6. The summed E-state index contributed by atoms with van der Waals surface area (Å²) in [4.78, 5) is 12.9. The minimum atomic E-state index is -3.72. The molecule has 0 aromatic heterocycles. The monoisotopic (exact) mass is 443 g/mol. The maximum absolute atomic E-state index is 12.9. The van der Waals surface area contributed by atoms with Crippen LogP contribution in [0, 0.1) is 6.92 Å². The number of carbonyl (C=O) groups excluding carboxylic acids is 1. The number of nitrogens with one attached hydrogen (secondary N) is 3. The van der Waals surface area contributed by atoms with E-state index < -0.39 is 15.6 Å². The van der Waals surface area contributed by atoms with E-state index in [-0.39, 0.29) is 10.8 Å². The largest absolute Gasteiger partial charge is 0.382 e. The Morgan fingerprint density at radius 2 is 1.55 bits per heavy atom. The lowest BCUT2D eigenvalue weighted by Gasteiger charge is -2.24. The van der Waals surface area contributed by atoms with Gasteiger partial charge in [0.1, 0.15) is 0 Å². The number of hydrogen-bond acceptors (Lipinski definition) is 4. The Balaban J connectivity index is 1.71. The van der Waals surface area contributed by atoms with Gasteiger partial charge in [-0.3, -0.25) is 4.79 Å². The molecule has 1 aliphatic rings. The first-order chi connectivity index (χ1) is 14.5. The molecule has 0 heterocycles. The molecule has 1 fully saturated rings. The van der Waals surface area contributed by atoms with Crippen LogP contribution in [0.2, 0.25) is 0 Å². The van der Waals surface area contributed by atoms with E-state index >= 15 is 0 Å². The van der Waals surface area contributed by atoms with Crippen LogP contribution >= 0.6 is 0 Å². The molecule has 0 radical (unpaired) electrons. The minimum Gasteiger partial charge on any atom is -0.382 e. The predicted octanol–water partition coefficient (Wildman–Crippen LogP) is 5.07. The van der Waals surface area contributed by atoms with Gasteiger partial charge >= 0.3 is 0 Å². The molecule has 0 unspecified atom stereocenters. The number of hydrogen-bond donors (Lipinski definition) is 3. The maximum Gasteiger partial charge on any atom is 0.255 e. The fourth-order valence-corrected chi connectivity index (χ4v) is 5.25. The zero-order valence-electron chi connectivity index (χ0n) is 18.8. The van der Waals surface area contributed by atoms with E-state index in [0.29, 0.717) is 22.9 Å². The summed E-state index contributed by atoms with van der Waals surface area (Å²) in [6.45, 7) is 7.12. The summed E-state index contributed by atoms with van der Waals surface area (Å²) < 4.78 is 27.9. The topological polar surface area (TPSA) is 87.3 Å². The highest BCUT2D eigenvalue weighted by atomic mass is 32.2. The molecule has 6 nitrogen and oxygen atoms in total. The van der Waals surface area contributed by atoms with Crippen molar-refractivity contribution in [2.24, 2.45) is 0 Å². The van der Waals surface area contributed by atoms with Crippen molar-refractivity contribution < 1.29 is 13.2 Å². The maximum atomic E-state index is 12.9. The molecule has 1 amide bonds. The molecule has 3 rings (SSSR count). The SMILES string of the molecule is Cc1ccc(S(=O)(=O)NC(C)(C)C)cc1C(=O)Nc1ccc(NC2CCCCC2)cc1. The number of carbonyl (C=O) groups is 1. The molecule has 1 saturated carbocycles. The van der Waals surface area contributed by atoms with E-state index in [1.807, 2.05) is 24.3 Å². The van der Waals surface area contributed by atoms with Crippen LogP contribution in [0.1, 0.15) is 68.8 Å². The third-order valence-corrected chi connectivity index (χ3v) is 7.08. The molecule has 0 aliphatic heterocycles. The number of anilines is 2. The van der Waals surface area contributed by atoms with Crippen LogP contribution in [0.5, 0.6) is 0 Å². The van der Waals surface area contributed by atoms with Crippen molar-refractivity contribution in [2.45, 2.75) is 76.3 Å². The lowest BCUT2D eigenvalue weighted by atomic mass is 9.95. The van der Waals surface area contributed by atoms with Crippen LogP contribution in [0.3, 0.4) is 0 Å².